The second-order valence-electron chi connectivity index (χ2n) is 4.47. The number of rotatable bonds is 6. The van der Waals surface area contributed by atoms with E-state index < -0.39 is 12.0 Å². The van der Waals surface area contributed by atoms with Gasteiger partial charge in [0.2, 0.25) is 0 Å². The molecule has 0 saturated heterocycles. The van der Waals surface area contributed by atoms with Gasteiger partial charge in [-0.25, -0.2) is 9.97 Å². The summed E-state index contributed by atoms with van der Waals surface area (Å²) in [5.41, 5.74) is 7.16. The molecule has 0 spiro atoms. The minimum atomic E-state index is -0.951. The van der Waals surface area contributed by atoms with Crippen molar-refractivity contribution >= 4 is 5.97 Å². The van der Waals surface area contributed by atoms with Crippen LogP contribution in [0.25, 0.3) is 11.4 Å². The number of ether oxygens (including phenoxy) is 1. The molecule has 0 aliphatic heterocycles. The first-order chi connectivity index (χ1) is 10.1. The molecule has 0 amide bonds. The average molecular weight is 287 g/mol. The Morgan fingerprint density at radius 3 is 2.62 bits per heavy atom. The zero-order valence-corrected chi connectivity index (χ0v) is 11.7. The summed E-state index contributed by atoms with van der Waals surface area (Å²) in [5.74, 6) is 0.279. The van der Waals surface area contributed by atoms with Crippen LogP contribution in [0.3, 0.4) is 0 Å². The lowest BCUT2D eigenvalue weighted by molar-refractivity contribution is -0.137. The average Bonchev–Trinajstić information content (AvgIpc) is 2.48. The highest BCUT2D eigenvalue weighted by molar-refractivity contribution is 5.68. The van der Waals surface area contributed by atoms with Gasteiger partial charge in [-0.15, -0.1) is 0 Å². The van der Waals surface area contributed by atoms with Crippen molar-refractivity contribution < 1.29 is 14.6 Å². The fourth-order valence-corrected chi connectivity index (χ4v) is 1.91. The maximum atomic E-state index is 10.7. The number of carboxylic acids is 1. The summed E-state index contributed by atoms with van der Waals surface area (Å²) in [6.07, 6.45) is 2.95. The van der Waals surface area contributed by atoms with Crippen molar-refractivity contribution in [2.24, 2.45) is 5.73 Å². The Balaban J connectivity index is 2.25. The molecule has 0 bridgehead atoms. The van der Waals surface area contributed by atoms with Gasteiger partial charge in [0.1, 0.15) is 5.75 Å². The monoisotopic (exact) mass is 287 g/mol. The van der Waals surface area contributed by atoms with Gasteiger partial charge in [-0.3, -0.25) is 4.79 Å². The number of aromatic nitrogens is 2. The first-order valence-corrected chi connectivity index (χ1v) is 6.63. The van der Waals surface area contributed by atoms with E-state index in [2.05, 4.69) is 9.97 Å². The second-order valence-corrected chi connectivity index (χ2v) is 4.47. The molecule has 1 atom stereocenters. The number of carboxylic acid groups (broad SMARTS) is 1. The lowest BCUT2D eigenvalue weighted by Gasteiger charge is -2.11. The molecule has 0 fully saturated rings. The van der Waals surface area contributed by atoms with E-state index >= 15 is 0 Å². The molecule has 1 aromatic carbocycles. The predicted octanol–water partition coefficient (Wildman–Crippen LogP) is 2.02. The summed E-state index contributed by atoms with van der Waals surface area (Å²) in [7, 11) is 0. The number of hydrogen-bond donors (Lipinski definition) is 2. The smallest absolute Gasteiger partial charge is 0.305 e. The van der Waals surface area contributed by atoms with Crippen molar-refractivity contribution in [1.82, 2.24) is 9.97 Å². The van der Waals surface area contributed by atoms with E-state index in [4.69, 9.17) is 15.6 Å². The van der Waals surface area contributed by atoms with Crippen molar-refractivity contribution in [3.63, 3.8) is 0 Å². The minimum Gasteiger partial charge on any atom is -0.493 e. The topological polar surface area (TPSA) is 98.3 Å². The number of aliphatic carboxylic acids is 1. The van der Waals surface area contributed by atoms with Crippen molar-refractivity contribution in [3.05, 3.63) is 42.2 Å². The molecule has 6 nitrogen and oxygen atoms in total. The van der Waals surface area contributed by atoms with Gasteiger partial charge >= 0.3 is 5.97 Å². The van der Waals surface area contributed by atoms with Crippen molar-refractivity contribution in [2.75, 3.05) is 6.61 Å². The molecule has 6 heteroatoms. The summed E-state index contributed by atoms with van der Waals surface area (Å²) >= 11 is 0. The molecule has 110 valence electrons. The van der Waals surface area contributed by atoms with Gasteiger partial charge in [0.05, 0.1) is 18.6 Å². The summed E-state index contributed by atoms with van der Waals surface area (Å²) in [4.78, 5) is 19.2. The lowest BCUT2D eigenvalue weighted by Crippen LogP contribution is -2.15. The Hall–Kier alpha value is -2.47. The third-order valence-corrected chi connectivity index (χ3v) is 2.92. The van der Waals surface area contributed by atoms with E-state index in [1.54, 1.807) is 12.4 Å². The van der Waals surface area contributed by atoms with Crippen LogP contribution >= 0.6 is 0 Å². The van der Waals surface area contributed by atoms with Gasteiger partial charge in [0.25, 0.3) is 0 Å². The molecule has 0 saturated carbocycles. The fourth-order valence-electron chi connectivity index (χ4n) is 1.91. The van der Waals surface area contributed by atoms with E-state index in [9.17, 15) is 4.79 Å². The highest BCUT2D eigenvalue weighted by atomic mass is 16.5. The molecule has 1 heterocycles. The van der Waals surface area contributed by atoms with E-state index in [1.165, 1.54) is 0 Å². The largest absolute Gasteiger partial charge is 0.493 e. The molecule has 2 aromatic rings. The van der Waals surface area contributed by atoms with E-state index in [0.29, 0.717) is 23.7 Å². The van der Waals surface area contributed by atoms with Crippen molar-refractivity contribution in [2.45, 2.75) is 19.4 Å². The van der Waals surface area contributed by atoms with Crippen LogP contribution in [0.4, 0.5) is 0 Å². The van der Waals surface area contributed by atoms with Gasteiger partial charge in [-0.1, -0.05) is 12.1 Å². The van der Waals surface area contributed by atoms with Gasteiger partial charge < -0.3 is 15.6 Å². The van der Waals surface area contributed by atoms with Crippen LogP contribution in [0.5, 0.6) is 5.75 Å². The zero-order chi connectivity index (χ0) is 15.2. The summed E-state index contributed by atoms with van der Waals surface area (Å²) in [5, 5.41) is 8.74. The molecular weight excluding hydrogens is 270 g/mol. The molecular formula is C15H17N3O3. The lowest BCUT2D eigenvalue weighted by atomic mass is 10.1. The van der Waals surface area contributed by atoms with Crippen LogP contribution in [0.1, 0.15) is 24.9 Å². The maximum absolute atomic E-state index is 10.7. The van der Waals surface area contributed by atoms with Gasteiger partial charge in [-0.05, 0) is 19.1 Å². The normalized spacial score (nSPS) is 11.9. The highest BCUT2D eigenvalue weighted by Gasteiger charge is 2.13. The Bertz CT molecular complexity index is 614. The molecule has 0 radical (unpaired) electrons. The summed E-state index contributed by atoms with van der Waals surface area (Å²) in [6, 6.07) is 6.87. The zero-order valence-electron chi connectivity index (χ0n) is 11.7. The number of nitrogens with zero attached hydrogens (tertiary/aromatic N) is 2. The standard InChI is InChI=1S/C15H17N3O3/c1-2-21-13-6-4-3-5-11(13)15-17-8-10(9-18-15)12(16)7-14(19)20/h3-6,8-9,12H,2,7,16H2,1H3,(H,19,20)/t12-/m1/s1. The number of carbonyl (C=O) groups is 1. The molecule has 0 aliphatic carbocycles. The first-order valence-electron chi connectivity index (χ1n) is 6.63. The third kappa shape index (κ3) is 3.76. The quantitative estimate of drug-likeness (QED) is 0.843. The molecule has 1 aromatic heterocycles. The Morgan fingerprint density at radius 1 is 1.33 bits per heavy atom. The Kier molecular flexibility index (Phi) is 4.84. The predicted molar refractivity (Wildman–Crippen MR) is 77.8 cm³/mol. The third-order valence-electron chi connectivity index (χ3n) is 2.92. The van der Waals surface area contributed by atoms with E-state index in [-0.39, 0.29) is 6.42 Å². The van der Waals surface area contributed by atoms with Gasteiger partial charge in [0.15, 0.2) is 5.82 Å². The Morgan fingerprint density at radius 2 is 2.00 bits per heavy atom. The first kappa shape index (κ1) is 14.9. The fraction of sp³-hybridized carbons (Fsp3) is 0.267. The van der Waals surface area contributed by atoms with Crippen LogP contribution in [0.2, 0.25) is 0 Å². The van der Waals surface area contributed by atoms with E-state index in [1.807, 2.05) is 31.2 Å². The minimum absolute atomic E-state index is 0.155. The highest BCUT2D eigenvalue weighted by Crippen LogP contribution is 2.27. The second kappa shape index (κ2) is 6.81. The molecule has 2 rings (SSSR count). The van der Waals surface area contributed by atoms with Crippen LogP contribution < -0.4 is 10.5 Å². The van der Waals surface area contributed by atoms with Crippen LogP contribution in [0, 0.1) is 0 Å². The summed E-state index contributed by atoms with van der Waals surface area (Å²) < 4.78 is 5.54. The van der Waals surface area contributed by atoms with Gasteiger partial charge in [-0.2, -0.15) is 0 Å². The van der Waals surface area contributed by atoms with Crippen LogP contribution in [-0.4, -0.2) is 27.7 Å². The number of para-hydroxylation sites is 1. The molecule has 0 unspecified atom stereocenters. The molecule has 3 N–H and O–H groups in total. The molecule has 21 heavy (non-hydrogen) atoms. The SMILES string of the molecule is CCOc1ccccc1-c1ncc([C@H](N)CC(=O)O)cn1. The van der Waals surface area contributed by atoms with Crippen LogP contribution in [0.15, 0.2) is 36.7 Å². The van der Waals surface area contributed by atoms with Crippen molar-refractivity contribution in [1.29, 1.82) is 0 Å². The molecule has 0 aliphatic rings. The number of hydrogen-bond acceptors (Lipinski definition) is 5. The number of nitrogens with two attached hydrogens (primary N) is 1. The van der Waals surface area contributed by atoms with E-state index in [0.717, 1.165) is 5.56 Å². The number of benzene rings is 1. The Labute approximate surface area is 122 Å². The van der Waals surface area contributed by atoms with Gasteiger partial charge in [0, 0.05) is 24.0 Å². The maximum Gasteiger partial charge on any atom is 0.305 e. The van der Waals surface area contributed by atoms with Crippen LogP contribution in [-0.2, 0) is 4.79 Å². The summed E-state index contributed by atoms with van der Waals surface area (Å²) in [6.45, 7) is 2.46. The van der Waals surface area contributed by atoms with Crippen molar-refractivity contribution in [3.8, 4) is 17.1 Å².